The van der Waals surface area contributed by atoms with Crippen LogP contribution in [-0.2, 0) is 6.54 Å². The first-order valence-electron chi connectivity index (χ1n) is 7.85. The summed E-state index contributed by atoms with van der Waals surface area (Å²) in [6, 6.07) is 23.0. The molecule has 3 aromatic rings. The Kier molecular flexibility index (Phi) is 4.62. The first kappa shape index (κ1) is 15.8. The molecule has 0 radical (unpaired) electrons. The zero-order valence-electron chi connectivity index (χ0n) is 13.5. The molecule has 0 aliphatic carbocycles. The summed E-state index contributed by atoms with van der Waals surface area (Å²) in [6.07, 6.45) is 0. The average Bonchev–Trinajstić information content (AvgIpc) is 2.62. The number of carbonyl (C=O) groups excluding carboxylic acids is 1. The number of phenols is 1. The van der Waals surface area contributed by atoms with Gasteiger partial charge < -0.3 is 10.4 Å². The number of ketones is 1. The lowest BCUT2D eigenvalue weighted by atomic mass is 10.0. The van der Waals surface area contributed by atoms with Crippen LogP contribution in [0, 0.1) is 0 Å². The van der Waals surface area contributed by atoms with E-state index in [4.69, 9.17) is 0 Å². The summed E-state index contributed by atoms with van der Waals surface area (Å²) in [4.78, 5) is 11.3. The molecule has 3 rings (SSSR count). The van der Waals surface area contributed by atoms with Crippen molar-refractivity contribution >= 4 is 11.5 Å². The molecule has 0 aromatic heterocycles. The molecule has 3 aromatic carbocycles. The number of aromatic hydroxyl groups is 1. The molecular weight excluding hydrogens is 298 g/mol. The molecule has 0 heterocycles. The lowest BCUT2D eigenvalue weighted by Crippen LogP contribution is -1.99. The number of benzene rings is 3. The van der Waals surface area contributed by atoms with Crippen molar-refractivity contribution in [2.24, 2.45) is 0 Å². The minimum Gasteiger partial charge on any atom is -0.508 e. The zero-order valence-corrected chi connectivity index (χ0v) is 13.5. The van der Waals surface area contributed by atoms with Gasteiger partial charge in [-0.2, -0.15) is 0 Å². The van der Waals surface area contributed by atoms with Crippen molar-refractivity contribution in [2.75, 3.05) is 5.32 Å². The number of anilines is 1. The number of Topliss-reactive ketones (excluding diaryl/α,β-unsaturated/α-hetero) is 1. The second kappa shape index (κ2) is 7.01. The highest BCUT2D eigenvalue weighted by Crippen LogP contribution is 2.23. The van der Waals surface area contributed by atoms with Gasteiger partial charge in [-0.15, -0.1) is 0 Å². The van der Waals surface area contributed by atoms with Crippen LogP contribution in [0.5, 0.6) is 5.75 Å². The maximum Gasteiger partial charge on any atom is 0.159 e. The lowest BCUT2D eigenvalue weighted by molar-refractivity contribution is 0.101. The normalized spacial score (nSPS) is 10.4. The van der Waals surface area contributed by atoms with Crippen molar-refractivity contribution in [1.29, 1.82) is 0 Å². The number of phenolic OH excluding ortho intramolecular Hbond substituents is 1. The Bertz CT molecular complexity index is 836. The minimum atomic E-state index is 0.0743. The van der Waals surface area contributed by atoms with Crippen molar-refractivity contribution in [3.63, 3.8) is 0 Å². The summed E-state index contributed by atoms with van der Waals surface area (Å²) in [5.41, 5.74) is 4.74. The van der Waals surface area contributed by atoms with Gasteiger partial charge >= 0.3 is 0 Å². The molecule has 0 unspecified atom stereocenters. The molecule has 3 heteroatoms. The number of rotatable bonds is 5. The van der Waals surface area contributed by atoms with Crippen LogP contribution in [0.3, 0.4) is 0 Å². The van der Waals surface area contributed by atoms with E-state index in [1.807, 2.05) is 66.7 Å². The Labute approximate surface area is 141 Å². The summed E-state index contributed by atoms with van der Waals surface area (Å²) < 4.78 is 0. The van der Waals surface area contributed by atoms with E-state index in [1.54, 1.807) is 13.0 Å². The molecule has 0 amide bonds. The van der Waals surface area contributed by atoms with Crippen LogP contribution in [-0.4, -0.2) is 10.9 Å². The molecule has 0 aliphatic rings. The van der Waals surface area contributed by atoms with Crippen LogP contribution >= 0.6 is 0 Å². The van der Waals surface area contributed by atoms with Gasteiger partial charge in [0.15, 0.2) is 5.78 Å². The third-order valence-corrected chi connectivity index (χ3v) is 3.98. The third kappa shape index (κ3) is 3.63. The van der Waals surface area contributed by atoms with Gasteiger partial charge in [0.25, 0.3) is 0 Å². The van der Waals surface area contributed by atoms with E-state index >= 15 is 0 Å². The first-order chi connectivity index (χ1) is 11.6. The van der Waals surface area contributed by atoms with Crippen LogP contribution in [0.2, 0.25) is 0 Å². The van der Waals surface area contributed by atoms with Gasteiger partial charge in [-0.1, -0.05) is 54.6 Å². The van der Waals surface area contributed by atoms with E-state index in [0.717, 1.165) is 27.9 Å². The van der Waals surface area contributed by atoms with Crippen molar-refractivity contribution in [3.05, 3.63) is 83.9 Å². The molecule has 0 bridgehead atoms. The Morgan fingerprint density at radius 1 is 0.875 bits per heavy atom. The quantitative estimate of drug-likeness (QED) is 0.660. The number of hydrogen-bond donors (Lipinski definition) is 2. The van der Waals surface area contributed by atoms with E-state index in [2.05, 4.69) is 5.32 Å². The van der Waals surface area contributed by atoms with Crippen LogP contribution in [0.15, 0.2) is 72.8 Å². The first-order valence-corrected chi connectivity index (χ1v) is 7.85. The molecule has 24 heavy (non-hydrogen) atoms. The largest absolute Gasteiger partial charge is 0.508 e. The van der Waals surface area contributed by atoms with E-state index in [9.17, 15) is 9.90 Å². The van der Waals surface area contributed by atoms with Crippen molar-refractivity contribution in [2.45, 2.75) is 13.5 Å². The average molecular weight is 317 g/mol. The fraction of sp³-hybridized carbons (Fsp3) is 0.0952. The van der Waals surface area contributed by atoms with E-state index in [0.29, 0.717) is 12.3 Å². The molecule has 3 nitrogen and oxygen atoms in total. The van der Waals surface area contributed by atoms with Gasteiger partial charge in [0.05, 0.1) is 0 Å². The molecular formula is C21H19NO2. The SMILES string of the molecule is CC(=O)c1ccc(-c2ccc(NCc3ccccc3O)cc2)cc1. The number of carbonyl (C=O) groups is 1. The zero-order chi connectivity index (χ0) is 16.9. The summed E-state index contributed by atoms with van der Waals surface area (Å²) in [5.74, 6) is 0.373. The smallest absolute Gasteiger partial charge is 0.159 e. The van der Waals surface area contributed by atoms with Gasteiger partial charge in [0.2, 0.25) is 0 Å². The third-order valence-electron chi connectivity index (χ3n) is 3.98. The predicted octanol–water partition coefficient (Wildman–Crippen LogP) is 4.87. The van der Waals surface area contributed by atoms with Crippen molar-refractivity contribution < 1.29 is 9.90 Å². The Morgan fingerprint density at radius 3 is 2.04 bits per heavy atom. The van der Waals surface area contributed by atoms with E-state index in [-0.39, 0.29) is 5.78 Å². The lowest BCUT2D eigenvalue weighted by Gasteiger charge is -2.09. The van der Waals surface area contributed by atoms with E-state index < -0.39 is 0 Å². The monoisotopic (exact) mass is 317 g/mol. The predicted molar refractivity (Wildman–Crippen MR) is 97.3 cm³/mol. The maximum atomic E-state index is 11.3. The molecule has 0 fully saturated rings. The number of para-hydroxylation sites is 1. The topological polar surface area (TPSA) is 49.3 Å². The summed E-state index contributed by atoms with van der Waals surface area (Å²) in [6.45, 7) is 2.14. The Balaban J connectivity index is 1.69. The number of nitrogens with one attached hydrogen (secondary N) is 1. The fourth-order valence-electron chi connectivity index (χ4n) is 2.54. The van der Waals surface area contributed by atoms with Crippen LogP contribution in [0.25, 0.3) is 11.1 Å². The van der Waals surface area contributed by atoms with Crippen LogP contribution < -0.4 is 5.32 Å². The second-order valence-corrected chi connectivity index (χ2v) is 5.69. The molecule has 2 N–H and O–H groups in total. The molecule has 0 saturated carbocycles. The standard InChI is InChI=1S/C21H19NO2/c1-15(23)16-6-8-17(9-7-16)18-10-12-20(13-11-18)22-14-19-4-2-3-5-21(19)24/h2-13,22,24H,14H2,1H3. The summed E-state index contributed by atoms with van der Waals surface area (Å²) in [5, 5.41) is 13.1. The summed E-state index contributed by atoms with van der Waals surface area (Å²) in [7, 11) is 0. The van der Waals surface area contributed by atoms with E-state index in [1.165, 1.54) is 0 Å². The number of hydrogen-bond acceptors (Lipinski definition) is 3. The second-order valence-electron chi connectivity index (χ2n) is 5.69. The van der Waals surface area contributed by atoms with Crippen molar-refractivity contribution in [1.82, 2.24) is 0 Å². The molecule has 0 saturated heterocycles. The minimum absolute atomic E-state index is 0.0743. The van der Waals surface area contributed by atoms with Gasteiger partial charge in [0.1, 0.15) is 5.75 Å². The highest BCUT2D eigenvalue weighted by Gasteiger charge is 2.02. The summed E-state index contributed by atoms with van der Waals surface area (Å²) >= 11 is 0. The van der Waals surface area contributed by atoms with Gasteiger partial charge in [-0.05, 0) is 36.2 Å². The Hall–Kier alpha value is -3.07. The van der Waals surface area contributed by atoms with Gasteiger partial charge in [0, 0.05) is 23.4 Å². The van der Waals surface area contributed by atoms with Crippen LogP contribution in [0.4, 0.5) is 5.69 Å². The van der Waals surface area contributed by atoms with Crippen LogP contribution in [0.1, 0.15) is 22.8 Å². The maximum absolute atomic E-state index is 11.3. The molecule has 120 valence electrons. The van der Waals surface area contributed by atoms with Gasteiger partial charge in [-0.25, -0.2) is 0 Å². The fourth-order valence-corrected chi connectivity index (χ4v) is 2.54. The Morgan fingerprint density at radius 2 is 1.46 bits per heavy atom. The molecule has 0 atom stereocenters. The van der Waals surface area contributed by atoms with Crippen molar-refractivity contribution in [3.8, 4) is 16.9 Å². The molecule has 0 spiro atoms. The molecule has 0 aliphatic heterocycles. The highest BCUT2D eigenvalue weighted by molar-refractivity contribution is 5.94. The van der Waals surface area contributed by atoms with Gasteiger partial charge in [-0.3, -0.25) is 4.79 Å². The highest BCUT2D eigenvalue weighted by atomic mass is 16.3.